The van der Waals surface area contributed by atoms with Gasteiger partial charge in [0.15, 0.2) is 0 Å². The Labute approximate surface area is 157 Å². The lowest BCUT2D eigenvalue weighted by molar-refractivity contribution is -0.0760. The van der Waals surface area contributed by atoms with Gasteiger partial charge in [0.05, 0.1) is 16.2 Å². The molecule has 0 radical (unpaired) electrons. The van der Waals surface area contributed by atoms with Gasteiger partial charge in [-0.2, -0.15) is 0 Å². The fourth-order valence-electron chi connectivity index (χ4n) is 3.73. The summed E-state index contributed by atoms with van der Waals surface area (Å²) < 4.78 is 0. The Kier molecular flexibility index (Phi) is 4.98. The highest BCUT2D eigenvalue weighted by atomic mass is 35.5. The molecule has 142 valence electrons. The van der Waals surface area contributed by atoms with Crippen molar-refractivity contribution >= 4 is 29.4 Å². The number of carbonyl (C=O) groups excluding carboxylic acids is 1. The number of aliphatic hydroxyl groups is 1. The predicted molar refractivity (Wildman–Crippen MR) is 96.7 cm³/mol. The van der Waals surface area contributed by atoms with E-state index in [4.69, 9.17) is 16.7 Å². The summed E-state index contributed by atoms with van der Waals surface area (Å²) in [7, 11) is 3.42. The van der Waals surface area contributed by atoms with Crippen molar-refractivity contribution in [3.05, 3.63) is 22.8 Å². The standard InChI is InChI=1S/C17H23ClN4O4/c1-20(2)16(25)22-6-4-17(26)3-5-21(9-12(17)10-22)14-13(18)7-11(8-19-14)15(23)24/h7-8,12,26H,3-6,9-10H2,1-2H3,(H,23,24)/t12-,17-/m0/s1. The molecule has 2 N–H and O–H groups in total. The summed E-state index contributed by atoms with van der Waals surface area (Å²) >= 11 is 6.24. The molecule has 2 saturated heterocycles. The molecule has 0 aromatic carbocycles. The molecule has 1 aromatic heterocycles. The maximum absolute atomic E-state index is 12.3. The largest absolute Gasteiger partial charge is 0.478 e. The van der Waals surface area contributed by atoms with Crippen LogP contribution in [-0.2, 0) is 0 Å². The van der Waals surface area contributed by atoms with Crippen LogP contribution in [0.15, 0.2) is 12.3 Å². The van der Waals surface area contributed by atoms with Gasteiger partial charge in [-0.05, 0) is 18.9 Å². The van der Waals surface area contributed by atoms with Crippen LogP contribution in [-0.4, -0.2) is 82.9 Å². The van der Waals surface area contributed by atoms with E-state index in [-0.39, 0.29) is 22.5 Å². The normalized spacial score (nSPS) is 25.6. The van der Waals surface area contributed by atoms with Crippen molar-refractivity contribution in [2.24, 2.45) is 5.92 Å². The van der Waals surface area contributed by atoms with Gasteiger partial charge in [-0.15, -0.1) is 0 Å². The predicted octanol–water partition coefficient (Wildman–Crippen LogP) is 1.38. The number of rotatable bonds is 2. The number of carbonyl (C=O) groups is 2. The Morgan fingerprint density at radius 3 is 2.62 bits per heavy atom. The lowest BCUT2D eigenvalue weighted by atomic mass is 9.75. The average Bonchev–Trinajstić information content (AvgIpc) is 2.60. The van der Waals surface area contributed by atoms with Crippen LogP contribution < -0.4 is 4.90 Å². The molecular weight excluding hydrogens is 360 g/mol. The number of likely N-dealkylation sites (tertiary alicyclic amines) is 1. The molecule has 3 rings (SSSR count). The number of aromatic nitrogens is 1. The number of fused-ring (bicyclic) bond motifs is 1. The second-order valence-corrected chi connectivity index (χ2v) is 7.61. The minimum Gasteiger partial charge on any atom is -0.478 e. The number of carboxylic acid groups (broad SMARTS) is 1. The molecule has 0 unspecified atom stereocenters. The highest BCUT2D eigenvalue weighted by Crippen LogP contribution is 2.38. The Morgan fingerprint density at radius 1 is 1.31 bits per heavy atom. The minimum atomic E-state index is -1.08. The minimum absolute atomic E-state index is 0.0349. The first-order chi connectivity index (χ1) is 12.2. The first-order valence-electron chi connectivity index (χ1n) is 8.53. The SMILES string of the molecule is CN(C)C(=O)N1CC[C@@]2(O)CCN(c3ncc(C(=O)O)cc3Cl)C[C@H]2C1. The zero-order chi connectivity index (χ0) is 19.1. The van der Waals surface area contributed by atoms with Crippen LogP contribution in [0.1, 0.15) is 23.2 Å². The molecule has 2 aliphatic rings. The third-order valence-electron chi connectivity index (χ3n) is 5.29. The van der Waals surface area contributed by atoms with Gasteiger partial charge in [0.2, 0.25) is 0 Å². The maximum atomic E-state index is 12.3. The van der Waals surface area contributed by atoms with Crippen molar-refractivity contribution in [1.82, 2.24) is 14.8 Å². The molecule has 0 aliphatic carbocycles. The number of urea groups is 1. The van der Waals surface area contributed by atoms with E-state index in [0.29, 0.717) is 44.8 Å². The second-order valence-electron chi connectivity index (χ2n) is 7.20. The molecule has 2 atom stereocenters. The molecule has 26 heavy (non-hydrogen) atoms. The van der Waals surface area contributed by atoms with Crippen LogP contribution >= 0.6 is 11.6 Å². The van der Waals surface area contributed by atoms with Gasteiger partial charge in [-0.1, -0.05) is 11.6 Å². The monoisotopic (exact) mass is 382 g/mol. The fourth-order valence-corrected chi connectivity index (χ4v) is 4.02. The Morgan fingerprint density at radius 2 is 2.00 bits per heavy atom. The molecule has 0 bridgehead atoms. The topological polar surface area (TPSA) is 97.2 Å². The second kappa shape index (κ2) is 6.92. The van der Waals surface area contributed by atoms with Crippen molar-refractivity contribution in [2.45, 2.75) is 18.4 Å². The number of hydrogen-bond donors (Lipinski definition) is 2. The number of hydrogen-bond acceptors (Lipinski definition) is 5. The van der Waals surface area contributed by atoms with E-state index >= 15 is 0 Å². The van der Waals surface area contributed by atoms with E-state index in [9.17, 15) is 14.7 Å². The van der Waals surface area contributed by atoms with Crippen molar-refractivity contribution in [3.63, 3.8) is 0 Å². The van der Waals surface area contributed by atoms with Crippen molar-refractivity contribution in [3.8, 4) is 0 Å². The number of anilines is 1. The first-order valence-corrected chi connectivity index (χ1v) is 8.91. The molecule has 8 nitrogen and oxygen atoms in total. The molecule has 1 aromatic rings. The summed E-state index contributed by atoms with van der Waals surface area (Å²) in [6.07, 6.45) is 2.39. The van der Waals surface area contributed by atoms with Crippen molar-refractivity contribution in [2.75, 3.05) is 45.2 Å². The highest BCUT2D eigenvalue weighted by Gasteiger charge is 2.46. The van der Waals surface area contributed by atoms with E-state index in [1.165, 1.54) is 17.2 Å². The van der Waals surface area contributed by atoms with E-state index in [1.807, 2.05) is 4.90 Å². The number of piperidine rings is 2. The highest BCUT2D eigenvalue weighted by molar-refractivity contribution is 6.33. The van der Waals surface area contributed by atoms with Crippen LogP contribution in [0.25, 0.3) is 0 Å². The van der Waals surface area contributed by atoms with Crippen LogP contribution in [0.4, 0.5) is 10.6 Å². The number of nitrogens with zero attached hydrogens (tertiary/aromatic N) is 4. The summed E-state index contributed by atoms with van der Waals surface area (Å²) in [4.78, 5) is 32.7. The molecule has 0 spiro atoms. The molecule has 0 saturated carbocycles. The van der Waals surface area contributed by atoms with Gasteiger partial charge in [0, 0.05) is 52.4 Å². The first kappa shape index (κ1) is 18.7. The molecular formula is C17H23ClN4O4. The number of carboxylic acids is 1. The summed E-state index contributed by atoms with van der Waals surface area (Å²) in [6, 6.07) is 1.32. The van der Waals surface area contributed by atoms with Gasteiger partial charge >= 0.3 is 12.0 Å². The number of pyridine rings is 1. The van der Waals surface area contributed by atoms with E-state index in [0.717, 1.165) is 0 Å². The van der Waals surface area contributed by atoms with Gasteiger partial charge in [-0.3, -0.25) is 0 Å². The van der Waals surface area contributed by atoms with Crippen LogP contribution in [0.5, 0.6) is 0 Å². The fraction of sp³-hybridized carbons (Fsp3) is 0.588. The van der Waals surface area contributed by atoms with Crippen LogP contribution in [0, 0.1) is 5.92 Å². The lowest BCUT2D eigenvalue weighted by Gasteiger charge is -2.50. The molecule has 2 aliphatic heterocycles. The molecule has 2 fully saturated rings. The zero-order valence-corrected chi connectivity index (χ0v) is 15.6. The van der Waals surface area contributed by atoms with Crippen LogP contribution in [0.3, 0.4) is 0 Å². The van der Waals surface area contributed by atoms with Crippen molar-refractivity contribution < 1.29 is 19.8 Å². The maximum Gasteiger partial charge on any atom is 0.337 e. The van der Waals surface area contributed by atoms with E-state index in [2.05, 4.69) is 4.98 Å². The Bertz CT molecular complexity index is 729. The van der Waals surface area contributed by atoms with Gasteiger partial charge < -0.3 is 24.9 Å². The molecule has 3 heterocycles. The van der Waals surface area contributed by atoms with E-state index in [1.54, 1.807) is 19.0 Å². The van der Waals surface area contributed by atoms with Gasteiger partial charge in [-0.25, -0.2) is 14.6 Å². The zero-order valence-electron chi connectivity index (χ0n) is 14.9. The molecule has 9 heteroatoms. The summed E-state index contributed by atoms with van der Waals surface area (Å²) in [5, 5.41) is 20.3. The lowest BCUT2D eigenvalue weighted by Crippen LogP contribution is -2.61. The Balaban J connectivity index is 1.78. The number of amides is 2. The summed E-state index contributed by atoms with van der Waals surface area (Å²) in [6.45, 7) is 2.09. The number of aromatic carboxylic acids is 1. The Hall–Kier alpha value is -2.06. The average molecular weight is 383 g/mol. The summed E-state index contributed by atoms with van der Waals surface area (Å²) in [5.41, 5.74) is -0.764. The van der Waals surface area contributed by atoms with Crippen molar-refractivity contribution in [1.29, 1.82) is 0 Å². The third-order valence-corrected chi connectivity index (χ3v) is 5.57. The smallest absolute Gasteiger partial charge is 0.337 e. The third kappa shape index (κ3) is 3.43. The van der Waals surface area contributed by atoms with Crippen LogP contribution in [0.2, 0.25) is 5.02 Å². The molecule has 2 amide bonds. The summed E-state index contributed by atoms with van der Waals surface area (Å²) in [5.74, 6) is -0.690. The van der Waals surface area contributed by atoms with Gasteiger partial charge in [0.1, 0.15) is 5.82 Å². The quantitative estimate of drug-likeness (QED) is 0.802. The number of halogens is 1. The van der Waals surface area contributed by atoms with E-state index < -0.39 is 11.6 Å². The van der Waals surface area contributed by atoms with Gasteiger partial charge in [0.25, 0.3) is 0 Å².